The Morgan fingerprint density at radius 3 is 2.36 bits per heavy atom. The first kappa shape index (κ1) is 9.10. The molecule has 1 rings (SSSR count). The summed E-state index contributed by atoms with van der Waals surface area (Å²) in [5.41, 5.74) is -0.337. The first-order valence-electron chi connectivity index (χ1n) is 3.29. The van der Waals surface area contributed by atoms with E-state index in [-0.39, 0.29) is 5.44 Å². The molecule has 0 amide bonds. The van der Waals surface area contributed by atoms with Crippen molar-refractivity contribution in [3.63, 3.8) is 0 Å². The third-order valence-corrected chi connectivity index (χ3v) is 2.53. The van der Waals surface area contributed by atoms with Crippen LogP contribution in [0.3, 0.4) is 0 Å². The molecule has 60 valence electrons. The molecule has 3 heteroatoms. The number of aliphatic hydroxyl groups excluding tert-OH is 1. The van der Waals surface area contributed by atoms with Gasteiger partial charge in [0.15, 0.2) is 0 Å². The number of benzene rings is 1. The van der Waals surface area contributed by atoms with Crippen molar-refractivity contribution in [2.45, 2.75) is 17.3 Å². The highest BCUT2D eigenvalue weighted by atomic mass is 79.9. The van der Waals surface area contributed by atoms with Crippen molar-refractivity contribution in [3.8, 4) is 0 Å². The van der Waals surface area contributed by atoms with Crippen molar-refractivity contribution in [1.82, 2.24) is 0 Å². The highest BCUT2D eigenvalue weighted by molar-refractivity contribution is 9.10. The van der Waals surface area contributed by atoms with Crippen molar-refractivity contribution in [2.75, 3.05) is 0 Å². The Labute approximate surface area is 78.9 Å². The van der Waals surface area contributed by atoms with Crippen LogP contribution >= 0.6 is 27.7 Å². The van der Waals surface area contributed by atoms with Gasteiger partial charge in [0, 0.05) is 9.37 Å². The largest absolute Gasteiger partial charge is 0.382 e. The average Bonchev–Trinajstić information content (AvgIpc) is 1.93. The number of rotatable bonds is 2. The fraction of sp³-hybridized carbons (Fsp3) is 0.250. The first-order valence-corrected chi connectivity index (χ1v) is 4.96. The van der Waals surface area contributed by atoms with E-state index >= 15 is 0 Å². The summed E-state index contributed by atoms with van der Waals surface area (Å²) in [4.78, 5) is 1.09. The SMILES string of the molecule is CC(O)Sc1ccc(Br)cc1. The van der Waals surface area contributed by atoms with Crippen LogP contribution in [0.1, 0.15) is 6.92 Å². The van der Waals surface area contributed by atoms with Gasteiger partial charge >= 0.3 is 0 Å². The monoisotopic (exact) mass is 232 g/mol. The van der Waals surface area contributed by atoms with E-state index in [1.807, 2.05) is 24.3 Å². The average molecular weight is 233 g/mol. The molecular weight excluding hydrogens is 224 g/mol. The molecule has 1 aromatic carbocycles. The molecule has 0 saturated carbocycles. The molecule has 1 N–H and O–H groups in total. The first-order chi connectivity index (χ1) is 5.18. The van der Waals surface area contributed by atoms with Gasteiger partial charge in [0.25, 0.3) is 0 Å². The van der Waals surface area contributed by atoms with Crippen molar-refractivity contribution in [1.29, 1.82) is 0 Å². The van der Waals surface area contributed by atoms with E-state index < -0.39 is 0 Å². The molecule has 0 radical (unpaired) electrons. The molecule has 0 aliphatic carbocycles. The summed E-state index contributed by atoms with van der Waals surface area (Å²) < 4.78 is 1.06. The lowest BCUT2D eigenvalue weighted by atomic mass is 10.4. The van der Waals surface area contributed by atoms with E-state index in [0.29, 0.717) is 0 Å². The molecule has 1 unspecified atom stereocenters. The highest BCUT2D eigenvalue weighted by Gasteiger charge is 1.97. The second-order valence-corrected chi connectivity index (χ2v) is 4.48. The standard InChI is InChI=1S/C8H9BrOS/c1-6(10)11-8-4-2-7(9)3-5-8/h2-6,10H,1H3. The van der Waals surface area contributed by atoms with E-state index in [1.54, 1.807) is 6.92 Å². The van der Waals surface area contributed by atoms with Crippen molar-refractivity contribution >= 4 is 27.7 Å². The van der Waals surface area contributed by atoms with Gasteiger partial charge in [-0.25, -0.2) is 0 Å². The van der Waals surface area contributed by atoms with Gasteiger partial charge in [0.05, 0.1) is 0 Å². The second-order valence-electron chi connectivity index (χ2n) is 2.17. The normalized spacial score (nSPS) is 13.0. The Morgan fingerprint density at radius 2 is 1.91 bits per heavy atom. The summed E-state index contributed by atoms with van der Waals surface area (Å²) in [6, 6.07) is 7.87. The van der Waals surface area contributed by atoms with Gasteiger partial charge in [-0.1, -0.05) is 27.7 Å². The third-order valence-electron chi connectivity index (χ3n) is 1.12. The molecule has 0 bridgehead atoms. The van der Waals surface area contributed by atoms with Crippen LogP contribution in [0.5, 0.6) is 0 Å². The lowest BCUT2D eigenvalue weighted by Gasteiger charge is -2.02. The van der Waals surface area contributed by atoms with Gasteiger partial charge in [-0.3, -0.25) is 0 Å². The van der Waals surface area contributed by atoms with E-state index in [1.165, 1.54) is 11.8 Å². The molecule has 1 atom stereocenters. The molecule has 0 aliphatic rings. The molecule has 0 fully saturated rings. The van der Waals surface area contributed by atoms with E-state index in [9.17, 15) is 0 Å². The predicted molar refractivity (Wildman–Crippen MR) is 51.7 cm³/mol. The van der Waals surface area contributed by atoms with Gasteiger partial charge < -0.3 is 5.11 Å². The van der Waals surface area contributed by atoms with Gasteiger partial charge in [0.1, 0.15) is 5.44 Å². The molecule has 0 aliphatic heterocycles. The van der Waals surface area contributed by atoms with Gasteiger partial charge in [0.2, 0.25) is 0 Å². The van der Waals surface area contributed by atoms with Crippen LogP contribution in [0, 0.1) is 0 Å². The van der Waals surface area contributed by atoms with Gasteiger partial charge in [-0.05, 0) is 31.2 Å². The number of thioether (sulfide) groups is 1. The Morgan fingerprint density at radius 1 is 1.36 bits per heavy atom. The van der Waals surface area contributed by atoms with Crippen molar-refractivity contribution in [3.05, 3.63) is 28.7 Å². The Kier molecular flexibility index (Phi) is 3.43. The van der Waals surface area contributed by atoms with Crippen molar-refractivity contribution in [2.24, 2.45) is 0 Å². The quantitative estimate of drug-likeness (QED) is 0.626. The van der Waals surface area contributed by atoms with Crippen LogP contribution in [-0.2, 0) is 0 Å². The molecular formula is C8H9BrOS. The fourth-order valence-corrected chi connectivity index (χ4v) is 1.66. The molecule has 0 saturated heterocycles. The zero-order valence-corrected chi connectivity index (χ0v) is 8.52. The van der Waals surface area contributed by atoms with Crippen LogP contribution in [0.4, 0.5) is 0 Å². The third kappa shape index (κ3) is 3.27. The van der Waals surface area contributed by atoms with Gasteiger partial charge in [-0.2, -0.15) is 0 Å². The predicted octanol–water partition coefficient (Wildman–Crippen LogP) is 2.88. The zero-order valence-electron chi connectivity index (χ0n) is 6.12. The Hall–Kier alpha value is 0.01000. The molecule has 0 spiro atoms. The molecule has 1 aromatic rings. The maximum absolute atomic E-state index is 9.03. The van der Waals surface area contributed by atoms with E-state index in [2.05, 4.69) is 15.9 Å². The highest BCUT2D eigenvalue weighted by Crippen LogP contribution is 2.22. The van der Waals surface area contributed by atoms with Crippen LogP contribution in [0.25, 0.3) is 0 Å². The number of aliphatic hydroxyl groups is 1. The fourth-order valence-electron chi connectivity index (χ4n) is 0.710. The van der Waals surface area contributed by atoms with Crippen LogP contribution in [-0.4, -0.2) is 10.5 Å². The van der Waals surface area contributed by atoms with Crippen molar-refractivity contribution < 1.29 is 5.11 Å². The molecule has 0 aromatic heterocycles. The van der Waals surface area contributed by atoms with E-state index in [4.69, 9.17) is 5.11 Å². The second kappa shape index (κ2) is 4.14. The molecule has 0 heterocycles. The summed E-state index contributed by atoms with van der Waals surface area (Å²) in [5, 5.41) is 9.03. The Balaban J connectivity index is 2.66. The topological polar surface area (TPSA) is 20.2 Å². The summed E-state index contributed by atoms with van der Waals surface area (Å²) >= 11 is 4.78. The maximum Gasteiger partial charge on any atom is 0.101 e. The minimum absolute atomic E-state index is 0.337. The number of hydrogen-bond acceptors (Lipinski definition) is 2. The van der Waals surface area contributed by atoms with Gasteiger partial charge in [-0.15, -0.1) is 0 Å². The summed E-state index contributed by atoms with van der Waals surface area (Å²) in [6.45, 7) is 1.76. The molecule has 11 heavy (non-hydrogen) atoms. The molecule has 1 nitrogen and oxygen atoms in total. The van der Waals surface area contributed by atoms with Crippen LogP contribution in [0.2, 0.25) is 0 Å². The minimum atomic E-state index is -0.337. The van der Waals surface area contributed by atoms with Crippen LogP contribution < -0.4 is 0 Å². The van der Waals surface area contributed by atoms with Crippen LogP contribution in [0.15, 0.2) is 33.6 Å². The zero-order chi connectivity index (χ0) is 8.27. The summed E-state index contributed by atoms with van der Waals surface area (Å²) in [7, 11) is 0. The van der Waals surface area contributed by atoms with E-state index in [0.717, 1.165) is 9.37 Å². The summed E-state index contributed by atoms with van der Waals surface area (Å²) in [5.74, 6) is 0. The summed E-state index contributed by atoms with van der Waals surface area (Å²) in [6.07, 6.45) is 0. The minimum Gasteiger partial charge on any atom is -0.382 e. The number of hydrogen-bond donors (Lipinski definition) is 1. The maximum atomic E-state index is 9.03. The number of halogens is 1. The lowest BCUT2D eigenvalue weighted by molar-refractivity contribution is 0.284. The Bertz CT molecular complexity index is 220. The lowest BCUT2D eigenvalue weighted by Crippen LogP contribution is -1.90. The smallest absolute Gasteiger partial charge is 0.101 e.